The summed E-state index contributed by atoms with van der Waals surface area (Å²) in [4.78, 5) is 0. The van der Waals surface area contributed by atoms with Gasteiger partial charge in [-0.05, 0) is 37.0 Å². The number of aryl methyl sites for hydroxylation is 1. The van der Waals surface area contributed by atoms with Crippen molar-refractivity contribution < 1.29 is 9.13 Å². The SMILES string of the molecule is Cc1cc([C@H]2CC[C@H](CN)O2)ccc1F. The molecular weight excluding hydrogens is 193 g/mol. The van der Waals surface area contributed by atoms with E-state index in [2.05, 4.69) is 0 Å². The molecule has 15 heavy (non-hydrogen) atoms. The fourth-order valence-corrected chi connectivity index (χ4v) is 1.99. The summed E-state index contributed by atoms with van der Waals surface area (Å²) in [6.07, 6.45) is 2.24. The predicted octanol–water partition coefficient (Wildman–Crippen LogP) is 2.31. The van der Waals surface area contributed by atoms with Crippen LogP contribution in [0.2, 0.25) is 0 Å². The van der Waals surface area contributed by atoms with Crippen LogP contribution in [0.25, 0.3) is 0 Å². The van der Waals surface area contributed by atoms with Crippen LogP contribution in [0.3, 0.4) is 0 Å². The molecule has 2 atom stereocenters. The summed E-state index contributed by atoms with van der Waals surface area (Å²) in [6, 6.07) is 5.16. The molecule has 3 heteroatoms. The maximum Gasteiger partial charge on any atom is 0.126 e. The van der Waals surface area contributed by atoms with Crippen molar-refractivity contribution in [2.75, 3.05) is 6.54 Å². The fraction of sp³-hybridized carbons (Fsp3) is 0.500. The molecular formula is C12H16FNO. The van der Waals surface area contributed by atoms with Crippen LogP contribution in [0, 0.1) is 12.7 Å². The zero-order chi connectivity index (χ0) is 10.8. The highest BCUT2D eigenvalue weighted by atomic mass is 19.1. The lowest BCUT2D eigenvalue weighted by Gasteiger charge is -2.13. The van der Waals surface area contributed by atoms with Crippen LogP contribution in [-0.2, 0) is 4.74 Å². The van der Waals surface area contributed by atoms with Crippen molar-refractivity contribution in [1.82, 2.24) is 0 Å². The highest BCUT2D eigenvalue weighted by Gasteiger charge is 2.25. The zero-order valence-electron chi connectivity index (χ0n) is 8.87. The molecule has 2 nitrogen and oxygen atoms in total. The number of ether oxygens (including phenoxy) is 1. The third kappa shape index (κ3) is 2.19. The maximum absolute atomic E-state index is 13.1. The minimum absolute atomic E-state index is 0.0952. The van der Waals surface area contributed by atoms with Gasteiger partial charge in [0.15, 0.2) is 0 Å². The molecule has 0 unspecified atom stereocenters. The summed E-state index contributed by atoms with van der Waals surface area (Å²) >= 11 is 0. The molecule has 1 aromatic rings. The summed E-state index contributed by atoms with van der Waals surface area (Å²) in [5, 5.41) is 0. The lowest BCUT2D eigenvalue weighted by atomic mass is 10.0. The summed E-state index contributed by atoms with van der Waals surface area (Å²) in [5.41, 5.74) is 7.28. The van der Waals surface area contributed by atoms with Gasteiger partial charge >= 0.3 is 0 Å². The topological polar surface area (TPSA) is 35.2 Å². The Labute approximate surface area is 89.2 Å². The van der Waals surface area contributed by atoms with Crippen molar-refractivity contribution in [3.8, 4) is 0 Å². The molecule has 1 aromatic carbocycles. The lowest BCUT2D eigenvalue weighted by Crippen LogP contribution is -2.18. The molecule has 0 radical (unpaired) electrons. The van der Waals surface area contributed by atoms with Gasteiger partial charge in [0.2, 0.25) is 0 Å². The molecule has 1 aliphatic rings. The molecule has 1 aliphatic heterocycles. The van der Waals surface area contributed by atoms with Gasteiger partial charge < -0.3 is 10.5 Å². The first-order chi connectivity index (χ1) is 7.20. The number of hydrogen-bond acceptors (Lipinski definition) is 2. The molecule has 0 saturated carbocycles. The van der Waals surface area contributed by atoms with Crippen LogP contribution in [0.5, 0.6) is 0 Å². The Morgan fingerprint density at radius 2 is 2.27 bits per heavy atom. The number of halogens is 1. The van der Waals surface area contributed by atoms with E-state index in [1.54, 1.807) is 13.0 Å². The number of rotatable bonds is 2. The Kier molecular flexibility index (Phi) is 3.03. The predicted molar refractivity (Wildman–Crippen MR) is 57.0 cm³/mol. The minimum atomic E-state index is -0.160. The zero-order valence-corrected chi connectivity index (χ0v) is 8.87. The van der Waals surface area contributed by atoms with Crippen LogP contribution in [0.1, 0.15) is 30.1 Å². The first-order valence-corrected chi connectivity index (χ1v) is 5.32. The van der Waals surface area contributed by atoms with Gasteiger partial charge in [-0.1, -0.05) is 12.1 Å². The van der Waals surface area contributed by atoms with E-state index in [1.807, 2.05) is 6.07 Å². The van der Waals surface area contributed by atoms with Gasteiger partial charge in [-0.15, -0.1) is 0 Å². The van der Waals surface area contributed by atoms with Gasteiger partial charge in [-0.25, -0.2) is 4.39 Å². The van der Waals surface area contributed by atoms with Crippen molar-refractivity contribution in [3.63, 3.8) is 0 Å². The van der Waals surface area contributed by atoms with Crippen LogP contribution in [0.15, 0.2) is 18.2 Å². The highest BCUT2D eigenvalue weighted by molar-refractivity contribution is 5.26. The molecule has 2 N–H and O–H groups in total. The van der Waals surface area contributed by atoms with Crippen molar-refractivity contribution in [1.29, 1.82) is 0 Å². The molecule has 2 rings (SSSR count). The lowest BCUT2D eigenvalue weighted by molar-refractivity contribution is 0.0498. The van der Waals surface area contributed by atoms with Crippen LogP contribution < -0.4 is 5.73 Å². The Morgan fingerprint density at radius 1 is 1.47 bits per heavy atom. The molecule has 0 amide bonds. The molecule has 0 aliphatic carbocycles. The summed E-state index contributed by atoms with van der Waals surface area (Å²) in [7, 11) is 0. The van der Waals surface area contributed by atoms with E-state index in [9.17, 15) is 4.39 Å². The Morgan fingerprint density at radius 3 is 2.87 bits per heavy atom. The summed E-state index contributed by atoms with van der Waals surface area (Å²) < 4.78 is 18.8. The third-order valence-electron chi connectivity index (χ3n) is 2.92. The Hall–Kier alpha value is -0.930. The Bertz CT molecular complexity index is 353. The molecule has 1 heterocycles. The molecule has 1 fully saturated rings. The monoisotopic (exact) mass is 209 g/mol. The van der Waals surface area contributed by atoms with E-state index >= 15 is 0 Å². The molecule has 1 saturated heterocycles. The van der Waals surface area contributed by atoms with Gasteiger partial charge in [0.25, 0.3) is 0 Å². The summed E-state index contributed by atoms with van der Waals surface area (Å²) in [5.74, 6) is -0.160. The smallest absolute Gasteiger partial charge is 0.126 e. The van der Waals surface area contributed by atoms with Gasteiger partial charge in [-0.2, -0.15) is 0 Å². The van der Waals surface area contributed by atoms with Gasteiger partial charge in [0.1, 0.15) is 5.82 Å². The van der Waals surface area contributed by atoms with Crippen molar-refractivity contribution in [2.24, 2.45) is 5.73 Å². The Balaban J connectivity index is 2.13. The second kappa shape index (κ2) is 4.29. The van der Waals surface area contributed by atoms with Crippen LogP contribution in [0.4, 0.5) is 4.39 Å². The normalized spacial score (nSPS) is 25.8. The maximum atomic E-state index is 13.1. The van der Waals surface area contributed by atoms with Crippen molar-refractivity contribution in [2.45, 2.75) is 32.0 Å². The second-order valence-corrected chi connectivity index (χ2v) is 4.07. The van der Waals surface area contributed by atoms with E-state index in [0.717, 1.165) is 18.4 Å². The first kappa shape index (κ1) is 10.6. The largest absolute Gasteiger partial charge is 0.369 e. The van der Waals surface area contributed by atoms with E-state index in [1.165, 1.54) is 6.07 Å². The van der Waals surface area contributed by atoms with Crippen LogP contribution >= 0.6 is 0 Å². The third-order valence-corrected chi connectivity index (χ3v) is 2.92. The fourth-order valence-electron chi connectivity index (χ4n) is 1.99. The quantitative estimate of drug-likeness (QED) is 0.811. The average molecular weight is 209 g/mol. The average Bonchev–Trinajstić information content (AvgIpc) is 2.70. The molecule has 0 aromatic heterocycles. The van der Waals surface area contributed by atoms with Gasteiger partial charge in [0, 0.05) is 6.54 Å². The highest BCUT2D eigenvalue weighted by Crippen LogP contribution is 2.32. The number of nitrogens with two attached hydrogens (primary N) is 1. The van der Waals surface area contributed by atoms with E-state index < -0.39 is 0 Å². The van der Waals surface area contributed by atoms with E-state index in [-0.39, 0.29) is 18.0 Å². The van der Waals surface area contributed by atoms with Crippen molar-refractivity contribution >= 4 is 0 Å². The van der Waals surface area contributed by atoms with Gasteiger partial charge in [0.05, 0.1) is 12.2 Å². The summed E-state index contributed by atoms with van der Waals surface area (Å²) in [6.45, 7) is 2.34. The first-order valence-electron chi connectivity index (χ1n) is 5.32. The number of hydrogen-bond donors (Lipinski definition) is 1. The second-order valence-electron chi connectivity index (χ2n) is 4.07. The standard InChI is InChI=1S/C12H16FNO/c1-8-6-9(2-4-11(8)13)12-5-3-10(7-14)15-12/h2,4,6,10,12H,3,5,7,14H2,1H3/t10-,12-/m1/s1. The minimum Gasteiger partial charge on any atom is -0.369 e. The molecule has 0 bridgehead atoms. The van der Waals surface area contributed by atoms with Crippen molar-refractivity contribution in [3.05, 3.63) is 35.1 Å². The van der Waals surface area contributed by atoms with E-state index in [4.69, 9.17) is 10.5 Å². The van der Waals surface area contributed by atoms with E-state index in [0.29, 0.717) is 12.1 Å². The van der Waals surface area contributed by atoms with Gasteiger partial charge in [-0.3, -0.25) is 0 Å². The number of benzene rings is 1. The molecule has 82 valence electrons. The van der Waals surface area contributed by atoms with Crippen LogP contribution in [-0.4, -0.2) is 12.6 Å². The molecule has 0 spiro atoms.